The Bertz CT molecular complexity index is 226. The van der Waals surface area contributed by atoms with Gasteiger partial charge in [-0.15, -0.1) is 0 Å². The summed E-state index contributed by atoms with van der Waals surface area (Å²) in [7, 11) is 0. The molecule has 0 aromatic rings. The van der Waals surface area contributed by atoms with Crippen LogP contribution in [0.15, 0.2) is 0 Å². The van der Waals surface area contributed by atoms with E-state index in [1.807, 2.05) is 48.5 Å². The van der Waals surface area contributed by atoms with Crippen LogP contribution in [0.4, 0.5) is 0 Å². The van der Waals surface area contributed by atoms with E-state index in [2.05, 4.69) is 0 Å². The van der Waals surface area contributed by atoms with Gasteiger partial charge < -0.3 is 14.9 Å². The van der Waals surface area contributed by atoms with Crippen LogP contribution in [0.25, 0.3) is 0 Å². The molecule has 3 heteroatoms. The van der Waals surface area contributed by atoms with E-state index in [1.54, 1.807) is 0 Å². The second-order valence-electron chi connectivity index (χ2n) is 6.85. The van der Waals surface area contributed by atoms with Gasteiger partial charge in [0.05, 0.1) is 16.8 Å². The highest BCUT2D eigenvalue weighted by Gasteiger charge is 2.34. The van der Waals surface area contributed by atoms with Crippen molar-refractivity contribution in [1.29, 1.82) is 0 Å². The van der Waals surface area contributed by atoms with Crippen molar-refractivity contribution in [2.24, 2.45) is 5.92 Å². The van der Waals surface area contributed by atoms with Crippen molar-refractivity contribution in [1.82, 2.24) is 0 Å². The fourth-order valence-electron chi connectivity index (χ4n) is 2.10. The molecule has 0 aromatic carbocycles. The first kappa shape index (κ1) is 16.9. The molecule has 0 spiro atoms. The highest BCUT2D eigenvalue weighted by Crippen LogP contribution is 2.32. The number of hydrogen-bond acceptors (Lipinski definition) is 3. The van der Waals surface area contributed by atoms with Gasteiger partial charge in [-0.05, 0) is 60.3 Å². The molecular formula is C14H30O3. The van der Waals surface area contributed by atoms with Crippen LogP contribution in [-0.2, 0) is 4.74 Å². The zero-order valence-electron chi connectivity index (χ0n) is 12.5. The van der Waals surface area contributed by atoms with Crippen LogP contribution in [0, 0.1) is 5.92 Å². The summed E-state index contributed by atoms with van der Waals surface area (Å²) in [5, 5.41) is 18.9. The maximum atomic E-state index is 9.96. The first-order valence-corrected chi connectivity index (χ1v) is 6.43. The molecule has 0 aliphatic rings. The van der Waals surface area contributed by atoms with Gasteiger partial charge in [0.15, 0.2) is 0 Å². The Morgan fingerprint density at radius 3 is 1.82 bits per heavy atom. The lowest BCUT2D eigenvalue weighted by Crippen LogP contribution is -2.42. The molecule has 0 amide bonds. The fraction of sp³-hybridized carbons (Fsp3) is 1.00. The molecule has 0 fully saturated rings. The van der Waals surface area contributed by atoms with Crippen molar-refractivity contribution in [3.63, 3.8) is 0 Å². The van der Waals surface area contributed by atoms with Crippen molar-refractivity contribution in [2.45, 2.75) is 78.1 Å². The van der Waals surface area contributed by atoms with Crippen molar-refractivity contribution >= 4 is 0 Å². The standard InChI is InChI=1S/C14H30O3/c1-11(14(6,7)16)10-13(4,5)17-12(2,3)8-9-15/h11,15-16H,8-10H2,1-7H3. The number of hydrogen-bond donors (Lipinski definition) is 2. The summed E-state index contributed by atoms with van der Waals surface area (Å²) in [6.07, 6.45) is 1.40. The van der Waals surface area contributed by atoms with Crippen molar-refractivity contribution < 1.29 is 14.9 Å². The van der Waals surface area contributed by atoms with Crippen molar-refractivity contribution in [3.05, 3.63) is 0 Å². The summed E-state index contributed by atoms with van der Waals surface area (Å²) < 4.78 is 6.06. The molecule has 1 unspecified atom stereocenters. The average molecular weight is 246 g/mol. The molecule has 3 nitrogen and oxygen atoms in total. The lowest BCUT2D eigenvalue weighted by Gasteiger charge is -2.39. The van der Waals surface area contributed by atoms with Crippen LogP contribution >= 0.6 is 0 Å². The molecule has 0 heterocycles. The highest BCUT2D eigenvalue weighted by molar-refractivity contribution is 4.84. The normalized spacial score (nSPS) is 16.1. The Hall–Kier alpha value is -0.120. The van der Waals surface area contributed by atoms with E-state index in [4.69, 9.17) is 9.84 Å². The van der Waals surface area contributed by atoms with Gasteiger partial charge in [0.2, 0.25) is 0 Å². The van der Waals surface area contributed by atoms with Gasteiger partial charge in [0.1, 0.15) is 0 Å². The van der Waals surface area contributed by atoms with E-state index >= 15 is 0 Å². The van der Waals surface area contributed by atoms with E-state index in [-0.39, 0.29) is 23.7 Å². The van der Waals surface area contributed by atoms with Gasteiger partial charge in [-0.1, -0.05) is 6.92 Å². The van der Waals surface area contributed by atoms with Crippen molar-refractivity contribution in [2.75, 3.05) is 6.61 Å². The first-order chi connectivity index (χ1) is 7.40. The molecule has 0 saturated carbocycles. The van der Waals surface area contributed by atoms with E-state index in [1.165, 1.54) is 0 Å². The SMILES string of the molecule is CC(CC(C)(C)OC(C)(C)CCO)C(C)(C)O. The van der Waals surface area contributed by atoms with Gasteiger partial charge in [0.25, 0.3) is 0 Å². The molecule has 17 heavy (non-hydrogen) atoms. The molecule has 0 aromatic heterocycles. The van der Waals surface area contributed by atoms with Gasteiger partial charge >= 0.3 is 0 Å². The maximum absolute atomic E-state index is 9.96. The minimum Gasteiger partial charge on any atom is -0.396 e. The summed E-state index contributed by atoms with van der Waals surface area (Å²) in [5.74, 6) is 0.155. The summed E-state index contributed by atoms with van der Waals surface area (Å²) in [5.41, 5.74) is -1.34. The Morgan fingerprint density at radius 2 is 1.47 bits per heavy atom. The van der Waals surface area contributed by atoms with Crippen LogP contribution < -0.4 is 0 Å². The molecule has 104 valence electrons. The lowest BCUT2D eigenvalue weighted by atomic mass is 9.83. The smallest absolute Gasteiger partial charge is 0.0655 e. The second-order valence-corrected chi connectivity index (χ2v) is 6.85. The topological polar surface area (TPSA) is 49.7 Å². The molecule has 0 aliphatic carbocycles. The molecule has 0 saturated heterocycles. The zero-order chi connectivity index (χ0) is 13.9. The molecular weight excluding hydrogens is 216 g/mol. The first-order valence-electron chi connectivity index (χ1n) is 6.43. The predicted octanol–water partition coefficient (Wildman–Crippen LogP) is 2.74. The quantitative estimate of drug-likeness (QED) is 0.726. The maximum Gasteiger partial charge on any atom is 0.0655 e. The Morgan fingerprint density at radius 1 is 1.00 bits per heavy atom. The van der Waals surface area contributed by atoms with Gasteiger partial charge in [-0.25, -0.2) is 0 Å². The number of aliphatic hydroxyl groups excluding tert-OH is 1. The molecule has 0 radical (unpaired) electrons. The van der Waals surface area contributed by atoms with Crippen LogP contribution in [-0.4, -0.2) is 33.6 Å². The Balaban J connectivity index is 4.48. The highest BCUT2D eigenvalue weighted by atomic mass is 16.5. The summed E-state index contributed by atoms with van der Waals surface area (Å²) in [6.45, 7) is 13.9. The third kappa shape index (κ3) is 7.02. The third-order valence-corrected chi connectivity index (χ3v) is 3.27. The molecule has 1 atom stereocenters. The summed E-state index contributed by atoms with van der Waals surface area (Å²) >= 11 is 0. The largest absolute Gasteiger partial charge is 0.396 e. The third-order valence-electron chi connectivity index (χ3n) is 3.27. The van der Waals surface area contributed by atoms with Crippen LogP contribution in [0.5, 0.6) is 0 Å². The van der Waals surface area contributed by atoms with Crippen LogP contribution in [0.1, 0.15) is 61.3 Å². The predicted molar refractivity (Wildman–Crippen MR) is 71.0 cm³/mol. The van der Waals surface area contributed by atoms with E-state index in [9.17, 15) is 5.11 Å². The number of rotatable bonds is 7. The van der Waals surface area contributed by atoms with E-state index in [0.717, 1.165) is 6.42 Å². The number of aliphatic hydroxyl groups is 2. The number of ether oxygens (including phenoxy) is 1. The summed E-state index contributed by atoms with van der Waals surface area (Å²) in [6, 6.07) is 0. The van der Waals surface area contributed by atoms with Crippen LogP contribution in [0.3, 0.4) is 0 Å². The van der Waals surface area contributed by atoms with Crippen LogP contribution in [0.2, 0.25) is 0 Å². The Labute approximate surface area is 106 Å². The fourth-order valence-corrected chi connectivity index (χ4v) is 2.10. The zero-order valence-corrected chi connectivity index (χ0v) is 12.5. The minimum atomic E-state index is -0.693. The van der Waals surface area contributed by atoms with Gasteiger partial charge in [-0.2, -0.15) is 0 Å². The Kier molecular flexibility index (Phi) is 5.64. The molecule has 0 bridgehead atoms. The van der Waals surface area contributed by atoms with E-state index < -0.39 is 5.60 Å². The average Bonchev–Trinajstić information content (AvgIpc) is 1.97. The molecule has 0 rings (SSSR count). The second kappa shape index (κ2) is 5.68. The van der Waals surface area contributed by atoms with Crippen molar-refractivity contribution in [3.8, 4) is 0 Å². The molecule has 0 aliphatic heterocycles. The lowest BCUT2D eigenvalue weighted by molar-refractivity contribution is -0.147. The van der Waals surface area contributed by atoms with E-state index in [0.29, 0.717) is 6.42 Å². The summed E-state index contributed by atoms with van der Waals surface area (Å²) in [4.78, 5) is 0. The monoisotopic (exact) mass is 246 g/mol. The molecule has 2 N–H and O–H groups in total. The van der Waals surface area contributed by atoms with Gasteiger partial charge in [0, 0.05) is 6.61 Å². The minimum absolute atomic E-state index is 0.129. The van der Waals surface area contributed by atoms with Gasteiger partial charge in [-0.3, -0.25) is 0 Å².